The molecular weight excluding hydrogens is 539 g/mol. The number of rotatable bonds is 18. The molecule has 4 N–H and O–H groups in total. The van der Waals surface area contributed by atoms with Crippen LogP contribution in [0.25, 0.3) is 0 Å². The van der Waals surface area contributed by atoms with Gasteiger partial charge in [0.1, 0.15) is 18.1 Å². The van der Waals surface area contributed by atoms with Crippen molar-refractivity contribution in [2.75, 3.05) is 18.9 Å². The van der Waals surface area contributed by atoms with Crippen molar-refractivity contribution in [1.29, 1.82) is 0 Å². The monoisotopic (exact) mass is 577 g/mol. The molecule has 2 rings (SSSR count). The Hall–Kier alpha value is -0.140. The Labute approximate surface area is 239 Å². The van der Waals surface area contributed by atoms with Crippen LogP contribution in [0.3, 0.4) is 0 Å². The SMILES string of the molecule is CCCCCCCCCCCCOP(=O)([O-])OP(=O)(O)OCC1OC(n2ccc(N)nc2=O)CC1O.[Na+]. The Morgan fingerprint density at radius 2 is 1.73 bits per heavy atom. The molecule has 5 unspecified atom stereocenters. The molecule has 16 heteroatoms. The van der Waals surface area contributed by atoms with Crippen LogP contribution in [0, 0.1) is 0 Å². The van der Waals surface area contributed by atoms with Gasteiger partial charge < -0.3 is 29.9 Å². The van der Waals surface area contributed by atoms with Crippen molar-refractivity contribution in [2.24, 2.45) is 0 Å². The van der Waals surface area contributed by atoms with Gasteiger partial charge in [-0.2, -0.15) is 4.98 Å². The van der Waals surface area contributed by atoms with Gasteiger partial charge >= 0.3 is 43.1 Å². The Balaban J connectivity index is 0.00000684. The number of phosphoric acid groups is 2. The fourth-order valence-corrected chi connectivity index (χ4v) is 5.86. The predicted octanol–water partition coefficient (Wildman–Crippen LogP) is 0.0174. The maximum absolute atomic E-state index is 12.1. The van der Waals surface area contributed by atoms with E-state index in [0.717, 1.165) is 30.3 Å². The van der Waals surface area contributed by atoms with Crippen molar-refractivity contribution in [3.63, 3.8) is 0 Å². The molecule has 1 saturated heterocycles. The molecule has 0 spiro atoms. The number of aliphatic hydroxyl groups excluding tert-OH is 1. The zero-order valence-corrected chi connectivity index (χ0v) is 25.4. The third kappa shape index (κ3) is 13.7. The van der Waals surface area contributed by atoms with E-state index in [1.165, 1.54) is 44.4 Å². The summed E-state index contributed by atoms with van der Waals surface area (Å²) >= 11 is 0. The summed E-state index contributed by atoms with van der Waals surface area (Å²) in [7, 11) is -10.2. The quantitative estimate of drug-likeness (QED) is 0.120. The van der Waals surface area contributed by atoms with Crippen molar-refractivity contribution in [3.8, 4) is 0 Å². The van der Waals surface area contributed by atoms with Crippen molar-refractivity contribution in [3.05, 3.63) is 22.7 Å². The van der Waals surface area contributed by atoms with Crippen LogP contribution >= 0.6 is 15.6 Å². The first kappa shape index (κ1) is 34.9. The fraction of sp³-hybridized carbons (Fsp3) is 0.810. The molecule has 0 amide bonds. The van der Waals surface area contributed by atoms with Crippen molar-refractivity contribution in [1.82, 2.24) is 9.55 Å². The molecule has 0 radical (unpaired) electrons. The van der Waals surface area contributed by atoms with E-state index in [2.05, 4.69) is 25.3 Å². The first-order valence-electron chi connectivity index (χ1n) is 12.4. The van der Waals surface area contributed by atoms with E-state index in [-0.39, 0.29) is 48.4 Å². The number of hydrogen-bond donors (Lipinski definition) is 3. The number of unbranched alkanes of at least 4 members (excludes halogenated alkanes) is 9. The van der Waals surface area contributed by atoms with Gasteiger partial charge in [0.25, 0.3) is 7.82 Å². The van der Waals surface area contributed by atoms with Gasteiger partial charge in [-0.05, 0) is 12.5 Å². The first-order chi connectivity index (χ1) is 17.0. The Morgan fingerprint density at radius 1 is 1.14 bits per heavy atom. The standard InChI is InChI=1S/C21H39N3O10P2.Na/c1-2-3-4-5-6-7-8-9-10-11-14-31-35(27,28)34-36(29,30)32-16-18-17(25)15-20(33-18)24-13-12-19(22)23-21(24)26;/h12-13,17-18,20,25H,2-11,14-16H2,1H3,(H,27,28)(H,29,30)(H2,22,23,26);/q;+1/p-1. The summed E-state index contributed by atoms with van der Waals surface area (Å²) < 4.78 is 44.1. The molecule has 208 valence electrons. The van der Waals surface area contributed by atoms with Gasteiger partial charge in [0.05, 0.1) is 19.3 Å². The number of nitrogen functional groups attached to an aromatic ring is 1. The van der Waals surface area contributed by atoms with Crippen LogP contribution in [0.1, 0.15) is 83.8 Å². The number of aromatic nitrogens is 2. The summed E-state index contributed by atoms with van der Waals surface area (Å²) in [6.07, 6.45) is 8.70. The van der Waals surface area contributed by atoms with E-state index in [9.17, 15) is 28.8 Å². The summed E-state index contributed by atoms with van der Waals surface area (Å²) in [4.78, 5) is 37.2. The molecule has 2 heterocycles. The summed E-state index contributed by atoms with van der Waals surface area (Å²) in [6.45, 7) is 1.34. The Morgan fingerprint density at radius 3 is 2.32 bits per heavy atom. The van der Waals surface area contributed by atoms with Gasteiger partial charge in [0, 0.05) is 12.6 Å². The van der Waals surface area contributed by atoms with Gasteiger partial charge in [-0.25, -0.2) is 13.7 Å². The second kappa shape index (κ2) is 17.5. The van der Waals surface area contributed by atoms with E-state index >= 15 is 0 Å². The number of nitrogens with zero attached hydrogens (tertiary/aromatic N) is 2. The zero-order chi connectivity index (χ0) is 26.6. The average molecular weight is 577 g/mol. The smallest absolute Gasteiger partial charge is 0.756 e. The first-order valence-corrected chi connectivity index (χ1v) is 15.3. The number of phosphoric ester groups is 2. The normalized spacial score (nSPS) is 22.8. The second-order valence-corrected chi connectivity index (χ2v) is 11.8. The van der Waals surface area contributed by atoms with Crippen molar-refractivity contribution < 1.29 is 71.7 Å². The van der Waals surface area contributed by atoms with Crippen LogP contribution in [0.4, 0.5) is 5.82 Å². The van der Waals surface area contributed by atoms with Crippen LogP contribution in [-0.4, -0.2) is 45.0 Å². The molecular formula is C21H38N3NaO10P2. The van der Waals surface area contributed by atoms with Gasteiger partial charge in [0.2, 0.25) is 0 Å². The summed E-state index contributed by atoms with van der Waals surface area (Å²) in [6, 6.07) is 1.37. The molecule has 0 bridgehead atoms. The molecule has 0 aromatic carbocycles. The molecule has 1 aliphatic heterocycles. The topological polar surface area (TPSA) is 195 Å². The maximum Gasteiger partial charge on any atom is 1.00 e. The number of aliphatic hydroxyl groups is 1. The van der Waals surface area contributed by atoms with E-state index < -0.39 is 46.4 Å². The average Bonchev–Trinajstić information content (AvgIpc) is 3.15. The molecule has 0 saturated carbocycles. The summed E-state index contributed by atoms with van der Waals surface area (Å²) in [5, 5.41) is 10.1. The summed E-state index contributed by atoms with van der Waals surface area (Å²) in [5.41, 5.74) is 4.74. The second-order valence-electron chi connectivity index (χ2n) is 8.78. The van der Waals surface area contributed by atoms with Crippen LogP contribution in [-0.2, 0) is 27.2 Å². The van der Waals surface area contributed by atoms with Gasteiger partial charge in [0.15, 0.2) is 0 Å². The Bertz CT molecular complexity index is 953. The van der Waals surface area contributed by atoms with E-state index in [0.29, 0.717) is 6.42 Å². The third-order valence-electron chi connectivity index (χ3n) is 5.72. The predicted molar refractivity (Wildman–Crippen MR) is 130 cm³/mol. The number of nitrogens with two attached hydrogens (primary N) is 1. The number of ether oxygens (including phenoxy) is 1. The molecule has 1 aromatic heterocycles. The van der Waals surface area contributed by atoms with Crippen molar-refractivity contribution >= 4 is 21.5 Å². The van der Waals surface area contributed by atoms with Crippen molar-refractivity contribution in [2.45, 2.75) is 96.0 Å². The third-order valence-corrected chi connectivity index (χ3v) is 8.32. The van der Waals surface area contributed by atoms with Crippen LogP contribution < -0.4 is 45.9 Å². The zero-order valence-electron chi connectivity index (χ0n) is 21.6. The molecule has 5 atom stereocenters. The van der Waals surface area contributed by atoms with Gasteiger partial charge in [-0.15, -0.1) is 0 Å². The molecule has 37 heavy (non-hydrogen) atoms. The molecule has 1 aliphatic rings. The van der Waals surface area contributed by atoms with Gasteiger partial charge in [-0.1, -0.05) is 64.7 Å². The number of hydrogen-bond acceptors (Lipinski definition) is 11. The minimum Gasteiger partial charge on any atom is -0.756 e. The van der Waals surface area contributed by atoms with Crippen LogP contribution in [0.5, 0.6) is 0 Å². The summed E-state index contributed by atoms with van der Waals surface area (Å²) in [5.74, 6) is 0.0190. The minimum absolute atomic E-state index is 0. The van der Waals surface area contributed by atoms with E-state index in [1.54, 1.807) is 0 Å². The van der Waals surface area contributed by atoms with Crippen LogP contribution in [0.2, 0.25) is 0 Å². The molecule has 13 nitrogen and oxygen atoms in total. The van der Waals surface area contributed by atoms with Gasteiger partial charge in [-0.3, -0.25) is 13.7 Å². The minimum atomic E-state index is -5.10. The molecule has 1 fully saturated rings. The number of anilines is 1. The van der Waals surface area contributed by atoms with E-state index in [4.69, 9.17) is 10.5 Å². The Kier molecular flexibility index (Phi) is 16.5. The maximum atomic E-state index is 12.1. The van der Waals surface area contributed by atoms with E-state index in [1.807, 2.05) is 0 Å². The molecule has 1 aromatic rings. The fourth-order valence-electron chi connectivity index (χ4n) is 3.79. The van der Waals surface area contributed by atoms with Crippen LogP contribution in [0.15, 0.2) is 17.1 Å². The molecule has 0 aliphatic carbocycles. The largest absolute Gasteiger partial charge is 1.00 e.